The summed E-state index contributed by atoms with van der Waals surface area (Å²) >= 11 is 0. The van der Waals surface area contributed by atoms with Gasteiger partial charge in [-0.05, 0) is 98.8 Å². The molecule has 1 saturated heterocycles. The first-order valence-electron chi connectivity index (χ1n) is 15.1. The molecule has 0 N–H and O–H groups in total. The first kappa shape index (κ1) is 29.4. The van der Waals surface area contributed by atoms with Crippen LogP contribution in [0.2, 0.25) is 0 Å². The van der Waals surface area contributed by atoms with Crippen molar-refractivity contribution < 1.29 is 31.8 Å². The van der Waals surface area contributed by atoms with Gasteiger partial charge in [-0.3, -0.25) is 0 Å². The van der Waals surface area contributed by atoms with Crippen molar-refractivity contribution in [1.82, 2.24) is 0 Å². The van der Waals surface area contributed by atoms with Crippen LogP contribution >= 0.6 is 0 Å². The van der Waals surface area contributed by atoms with Gasteiger partial charge < -0.3 is 14.2 Å². The van der Waals surface area contributed by atoms with E-state index in [1.807, 2.05) is 19.1 Å². The van der Waals surface area contributed by atoms with Crippen LogP contribution in [0.5, 0.6) is 5.75 Å². The quantitative estimate of drug-likeness (QED) is 0.300. The molecule has 40 heavy (non-hydrogen) atoms. The maximum absolute atomic E-state index is 15.1. The van der Waals surface area contributed by atoms with Crippen molar-refractivity contribution >= 4 is 0 Å². The van der Waals surface area contributed by atoms with Gasteiger partial charge in [-0.15, -0.1) is 0 Å². The fourth-order valence-corrected chi connectivity index (χ4v) is 6.95. The van der Waals surface area contributed by atoms with Crippen LogP contribution in [-0.4, -0.2) is 19.3 Å². The Kier molecular flexibility index (Phi) is 9.41. The van der Waals surface area contributed by atoms with Crippen LogP contribution in [0.3, 0.4) is 0 Å². The van der Waals surface area contributed by atoms with E-state index in [1.54, 1.807) is 6.07 Å². The molecule has 2 saturated carbocycles. The number of ether oxygens (including phenoxy) is 3. The summed E-state index contributed by atoms with van der Waals surface area (Å²) in [5, 5.41) is 0. The number of aryl methyl sites for hydroxylation is 1. The molecule has 0 radical (unpaired) electrons. The summed E-state index contributed by atoms with van der Waals surface area (Å²) in [4.78, 5) is 0. The minimum Gasteiger partial charge on any atom is -0.432 e. The molecule has 2 aromatic rings. The number of halogens is 4. The standard InChI is InChI=1S/C33H42F4O3/c1-3-4-25-11-15-28(18-30(25)34)40-33(36,37)27-13-9-23(10-14-27)22-5-7-24(8-6-22)29-16-12-26(17-31(29)35)32-38-19-21(2)20-39-32/h11-12,15-18,21-24,27,32H,3-10,13-14,19-20H2,1-2H3. The lowest BCUT2D eigenvalue weighted by molar-refractivity contribution is -0.224. The van der Waals surface area contributed by atoms with Crippen LogP contribution in [0.25, 0.3) is 0 Å². The minimum absolute atomic E-state index is 0.114. The van der Waals surface area contributed by atoms with E-state index in [2.05, 4.69) is 6.92 Å². The van der Waals surface area contributed by atoms with E-state index >= 15 is 4.39 Å². The van der Waals surface area contributed by atoms with Gasteiger partial charge in [0.2, 0.25) is 0 Å². The van der Waals surface area contributed by atoms with Crippen LogP contribution < -0.4 is 4.74 Å². The fourth-order valence-electron chi connectivity index (χ4n) is 6.95. The number of hydrogen-bond donors (Lipinski definition) is 0. The molecular formula is C33H42F4O3. The lowest BCUT2D eigenvalue weighted by Crippen LogP contribution is -2.38. The monoisotopic (exact) mass is 562 g/mol. The predicted molar refractivity (Wildman–Crippen MR) is 146 cm³/mol. The molecule has 3 fully saturated rings. The summed E-state index contributed by atoms with van der Waals surface area (Å²) in [7, 11) is 0. The Morgan fingerprint density at radius 1 is 0.825 bits per heavy atom. The van der Waals surface area contributed by atoms with E-state index < -0.39 is 24.1 Å². The van der Waals surface area contributed by atoms with Crippen molar-refractivity contribution in [2.24, 2.45) is 23.7 Å². The van der Waals surface area contributed by atoms with Crippen LogP contribution in [0.1, 0.15) is 101 Å². The molecule has 0 aromatic heterocycles. The zero-order valence-corrected chi connectivity index (χ0v) is 23.7. The molecule has 3 nitrogen and oxygen atoms in total. The smallest absolute Gasteiger partial charge is 0.400 e. The third kappa shape index (κ3) is 6.84. The van der Waals surface area contributed by atoms with Crippen molar-refractivity contribution in [2.75, 3.05) is 13.2 Å². The van der Waals surface area contributed by atoms with E-state index in [0.29, 0.717) is 55.8 Å². The molecule has 2 aliphatic carbocycles. The molecule has 0 bridgehead atoms. The second-order valence-electron chi connectivity index (χ2n) is 12.3. The predicted octanol–water partition coefficient (Wildman–Crippen LogP) is 9.35. The van der Waals surface area contributed by atoms with Crippen molar-refractivity contribution in [3.8, 4) is 5.75 Å². The topological polar surface area (TPSA) is 27.7 Å². The van der Waals surface area contributed by atoms with E-state index in [-0.39, 0.29) is 17.5 Å². The second-order valence-corrected chi connectivity index (χ2v) is 12.3. The maximum atomic E-state index is 15.1. The zero-order chi connectivity index (χ0) is 28.3. The van der Waals surface area contributed by atoms with Crippen molar-refractivity contribution in [3.05, 3.63) is 64.7 Å². The van der Waals surface area contributed by atoms with Gasteiger partial charge in [0.05, 0.1) is 19.1 Å². The summed E-state index contributed by atoms with van der Waals surface area (Å²) in [6.45, 7) is 5.22. The second kappa shape index (κ2) is 12.8. The zero-order valence-electron chi connectivity index (χ0n) is 23.7. The third-order valence-corrected chi connectivity index (χ3v) is 9.28. The van der Waals surface area contributed by atoms with Gasteiger partial charge in [-0.25, -0.2) is 8.78 Å². The van der Waals surface area contributed by atoms with Gasteiger partial charge >= 0.3 is 6.11 Å². The summed E-state index contributed by atoms with van der Waals surface area (Å²) in [6.07, 6.45) is 3.61. The van der Waals surface area contributed by atoms with Gasteiger partial charge in [0, 0.05) is 17.5 Å². The Morgan fingerprint density at radius 2 is 1.48 bits per heavy atom. The number of benzene rings is 2. The Bertz CT molecular complexity index is 1110. The first-order valence-corrected chi connectivity index (χ1v) is 15.1. The van der Waals surface area contributed by atoms with Gasteiger partial charge in [-0.2, -0.15) is 8.78 Å². The highest BCUT2D eigenvalue weighted by atomic mass is 19.3. The SMILES string of the molecule is CCCc1ccc(OC(F)(F)C2CCC(C3CCC(c4ccc(C5OCC(C)CO5)cc4F)CC3)CC2)cc1F. The van der Waals surface area contributed by atoms with Crippen molar-refractivity contribution in [1.29, 1.82) is 0 Å². The molecule has 2 aromatic carbocycles. The number of alkyl halides is 2. The average Bonchev–Trinajstić information content (AvgIpc) is 2.95. The number of rotatable bonds is 8. The Labute approximate surface area is 235 Å². The molecule has 0 amide bonds. The highest BCUT2D eigenvalue weighted by molar-refractivity contribution is 5.30. The highest BCUT2D eigenvalue weighted by Gasteiger charge is 2.45. The molecule has 0 spiro atoms. The largest absolute Gasteiger partial charge is 0.432 e. The Morgan fingerprint density at radius 3 is 2.08 bits per heavy atom. The summed E-state index contributed by atoms with van der Waals surface area (Å²) in [6, 6.07) is 9.43. The summed E-state index contributed by atoms with van der Waals surface area (Å²) in [5.41, 5.74) is 2.00. The summed E-state index contributed by atoms with van der Waals surface area (Å²) in [5.74, 6) is -0.259. The third-order valence-electron chi connectivity index (χ3n) is 9.28. The van der Waals surface area contributed by atoms with Gasteiger partial charge in [-0.1, -0.05) is 38.5 Å². The van der Waals surface area contributed by atoms with Crippen LogP contribution in [0, 0.1) is 35.3 Å². The molecular weight excluding hydrogens is 520 g/mol. The summed E-state index contributed by atoms with van der Waals surface area (Å²) < 4.78 is 75.8. The van der Waals surface area contributed by atoms with E-state index in [9.17, 15) is 13.2 Å². The van der Waals surface area contributed by atoms with Crippen molar-refractivity contribution in [3.63, 3.8) is 0 Å². The molecule has 1 aliphatic heterocycles. The molecule has 0 unspecified atom stereocenters. The normalized spacial score (nSPS) is 29.8. The van der Waals surface area contributed by atoms with E-state index in [1.165, 1.54) is 12.1 Å². The molecule has 5 rings (SSSR count). The maximum Gasteiger partial charge on any atom is 0.400 e. The van der Waals surface area contributed by atoms with Gasteiger partial charge in [0.25, 0.3) is 0 Å². The lowest BCUT2D eigenvalue weighted by atomic mass is 9.68. The van der Waals surface area contributed by atoms with Crippen molar-refractivity contribution in [2.45, 2.75) is 96.4 Å². The molecule has 0 atom stereocenters. The molecule has 1 heterocycles. The van der Waals surface area contributed by atoms with Gasteiger partial charge in [0.15, 0.2) is 6.29 Å². The molecule has 220 valence electrons. The molecule has 3 aliphatic rings. The van der Waals surface area contributed by atoms with E-state index in [0.717, 1.165) is 62.1 Å². The fraction of sp³-hybridized carbons (Fsp3) is 0.636. The number of hydrogen-bond acceptors (Lipinski definition) is 3. The van der Waals surface area contributed by atoms with Crippen LogP contribution in [0.15, 0.2) is 36.4 Å². The lowest BCUT2D eigenvalue weighted by Gasteiger charge is -2.39. The highest BCUT2D eigenvalue weighted by Crippen LogP contribution is 2.47. The Balaban J connectivity index is 1.10. The van der Waals surface area contributed by atoms with Crippen LogP contribution in [-0.2, 0) is 15.9 Å². The Hall–Kier alpha value is -2.12. The van der Waals surface area contributed by atoms with Crippen LogP contribution in [0.4, 0.5) is 17.6 Å². The average molecular weight is 563 g/mol. The van der Waals surface area contributed by atoms with E-state index in [4.69, 9.17) is 14.2 Å². The first-order chi connectivity index (χ1) is 19.2. The minimum atomic E-state index is -3.32. The van der Waals surface area contributed by atoms with Gasteiger partial charge in [0.1, 0.15) is 17.4 Å². The molecule has 7 heteroatoms.